The molecule has 1 atom stereocenters. The van der Waals surface area contributed by atoms with Crippen LogP contribution in [0.5, 0.6) is 0 Å². The number of rotatable bonds is 14. The molecule has 16 nitrogen and oxygen atoms in total. The summed E-state index contributed by atoms with van der Waals surface area (Å²) < 4.78 is 4.83. The van der Waals surface area contributed by atoms with E-state index in [0.717, 1.165) is 12.1 Å². The van der Waals surface area contributed by atoms with Crippen LogP contribution >= 0.6 is 0 Å². The van der Waals surface area contributed by atoms with Crippen LogP contribution in [0.4, 0.5) is 17.1 Å². The van der Waals surface area contributed by atoms with Crippen molar-refractivity contribution in [3.63, 3.8) is 0 Å². The van der Waals surface area contributed by atoms with E-state index in [9.17, 15) is 38.7 Å². The summed E-state index contributed by atoms with van der Waals surface area (Å²) in [5.41, 5.74) is 1.07. The maximum Gasteiger partial charge on any atom is 0.335 e. The van der Waals surface area contributed by atoms with Crippen LogP contribution in [0.2, 0.25) is 0 Å². The van der Waals surface area contributed by atoms with Gasteiger partial charge >= 0.3 is 17.6 Å². The van der Waals surface area contributed by atoms with Crippen LogP contribution in [0.1, 0.15) is 44.4 Å². The summed E-state index contributed by atoms with van der Waals surface area (Å²) in [5, 5.41) is 25.1. The van der Waals surface area contributed by atoms with E-state index in [1.165, 1.54) is 49.4 Å². The van der Waals surface area contributed by atoms with Gasteiger partial charge in [-0.05, 0) is 74.0 Å². The quantitative estimate of drug-likeness (QED) is 0.0383. The number of fused-ring (bicyclic) bond motifs is 1. The minimum atomic E-state index is -1.48. The molecule has 0 fully saturated rings. The van der Waals surface area contributed by atoms with Gasteiger partial charge in [-0.15, -0.1) is 0 Å². The Balaban J connectivity index is 1.39. The Hall–Kier alpha value is -6.71. The van der Waals surface area contributed by atoms with Gasteiger partial charge in [0.05, 0.1) is 28.9 Å². The van der Waals surface area contributed by atoms with Crippen molar-refractivity contribution in [1.29, 1.82) is 0 Å². The molecule has 0 aliphatic heterocycles. The molecule has 1 aromatic heterocycles. The number of H-pyrrole nitrogens is 2. The van der Waals surface area contributed by atoms with E-state index >= 15 is 0 Å². The molecule has 4 rings (SSSR count). The van der Waals surface area contributed by atoms with Gasteiger partial charge in [-0.2, -0.15) is 10.2 Å². The third-order valence-corrected chi connectivity index (χ3v) is 6.55. The third kappa shape index (κ3) is 9.16. The molecule has 246 valence electrons. The number of anilines is 2. The van der Waals surface area contributed by atoms with E-state index in [2.05, 4.69) is 42.7 Å². The van der Waals surface area contributed by atoms with E-state index in [1.54, 1.807) is 12.1 Å². The zero-order chi connectivity index (χ0) is 34.8. The summed E-state index contributed by atoms with van der Waals surface area (Å²) >= 11 is 0. The second kappa shape index (κ2) is 15.5. The number of aromatic amines is 2. The van der Waals surface area contributed by atoms with Crippen LogP contribution in [0, 0.1) is 0 Å². The van der Waals surface area contributed by atoms with Crippen molar-refractivity contribution in [2.24, 2.45) is 10.2 Å². The lowest BCUT2D eigenvalue weighted by molar-refractivity contribution is -0.137. The van der Waals surface area contributed by atoms with Gasteiger partial charge in [0.25, 0.3) is 17.7 Å². The van der Waals surface area contributed by atoms with Gasteiger partial charge in [-0.25, -0.2) is 14.4 Å². The number of aromatic nitrogens is 2. The monoisotopic (exact) mass is 655 g/mol. The van der Waals surface area contributed by atoms with Gasteiger partial charge in [-0.3, -0.25) is 19.2 Å². The van der Waals surface area contributed by atoms with Crippen LogP contribution in [-0.2, 0) is 19.1 Å². The highest BCUT2D eigenvalue weighted by molar-refractivity contribution is 6.10. The number of Topliss-reactive ketones (excluding diaryl/α,β-unsaturated/α-hetero) is 1. The summed E-state index contributed by atoms with van der Waals surface area (Å²) in [6, 6.07) is 12.5. The van der Waals surface area contributed by atoms with Gasteiger partial charge in [0.15, 0.2) is 5.78 Å². The zero-order valence-corrected chi connectivity index (χ0v) is 25.4. The number of aromatic carboxylic acids is 1. The molecule has 0 aliphatic carbocycles. The van der Waals surface area contributed by atoms with Crippen molar-refractivity contribution in [2.45, 2.75) is 19.4 Å². The molecular formula is C32H29N7O9. The molecule has 0 spiro atoms. The SMILES string of the molecule is C=CC(=O)OCCCNC(=O)c1cc(NC(=O)c2ccc(N=NC(C(C)=O)C(=O)Nc3ccc4[nH]c(=O)[nH]c4c3)cc2)cc(C(=O)O)c1. The highest BCUT2D eigenvalue weighted by atomic mass is 16.5. The van der Waals surface area contributed by atoms with E-state index in [4.69, 9.17) is 4.74 Å². The standard InChI is InChI=1S/C32H29N7O9/c1-3-26(41)48-12-4-11-33-28(42)19-13-20(31(45)46)15-23(14-19)35-29(43)18-5-7-21(8-6-18)38-39-27(17(2)40)30(44)34-22-9-10-24-25(16-22)37-32(47)36-24/h3,5-10,13-16,27H,1,4,11-12H2,2H3,(H,33,42)(H,34,44)(H,35,43)(H,45,46)(H2,36,37,47). The lowest BCUT2D eigenvalue weighted by Gasteiger charge is -2.11. The summed E-state index contributed by atoms with van der Waals surface area (Å²) in [4.78, 5) is 89.9. The Morgan fingerprint density at radius 1 is 0.875 bits per heavy atom. The van der Waals surface area contributed by atoms with Crippen molar-refractivity contribution in [1.82, 2.24) is 15.3 Å². The highest BCUT2D eigenvalue weighted by Gasteiger charge is 2.23. The summed E-state index contributed by atoms with van der Waals surface area (Å²) in [6.07, 6.45) is 1.32. The van der Waals surface area contributed by atoms with Gasteiger partial charge in [0.2, 0.25) is 6.04 Å². The molecule has 0 aliphatic rings. The third-order valence-electron chi connectivity index (χ3n) is 6.55. The molecule has 6 N–H and O–H groups in total. The zero-order valence-electron chi connectivity index (χ0n) is 25.4. The average Bonchev–Trinajstić information content (AvgIpc) is 3.43. The number of amides is 3. The molecule has 16 heteroatoms. The van der Waals surface area contributed by atoms with Gasteiger partial charge in [0, 0.05) is 35.1 Å². The predicted octanol–water partition coefficient (Wildman–Crippen LogP) is 3.34. The fourth-order valence-electron chi connectivity index (χ4n) is 4.21. The first-order valence-corrected chi connectivity index (χ1v) is 14.2. The second-order valence-corrected chi connectivity index (χ2v) is 10.1. The number of carboxylic acids is 1. The number of imidazole rings is 1. The summed E-state index contributed by atoms with van der Waals surface area (Å²) in [7, 11) is 0. The number of hydrogen-bond donors (Lipinski definition) is 6. The van der Waals surface area contributed by atoms with Crippen molar-refractivity contribution in [2.75, 3.05) is 23.8 Å². The number of benzene rings is 3. The molecule has 1 unspecified atom stereocenters. The lowest BCUT2D eigenvalue weighted by Crippen LogP contribution is -2.31. The molecule has 0 bridgehead atoms. The van der Waals surface area contributed by atoms with Crippen molar-refractivity contribution in [3.05, 3.63) is 100 Å². The largest absolute Gasteiger partial charge is 0.478 e. The number of carbonyl (C=O) groups is 6. The maximum atomic E-state index is 12.9. The lowest BCUT2D eigenvalue weighted by atomic mass is 10.1. The Bertz CT molecular complexity index is 1990. The minimum Gasteiger partial charge on any atom is -0.478 e. The molecule has 0 radical (unpaired) electrons. The Labute approximate surface area is 271 Å². The smallest absolute Gasteiger partial charge is 0.335 e. The Kier molecular flexibility index (Phi) is 11.1. The molecule has 3 aromatic carbocycles. The molecule has 1 heterocycles. The number of ketones is 1. The number of hydrogen-bond acceptors (Lipinski definition) is 10. The first-order valence-electron chi connectivity index (χ1n) is 14.2. The van der Waals surface area contributed by atoms with E-state index in [1.807, 2.05) is 0 Å². The number of ether oxygens (including phenoxy) is 1. The summed E-state index contributed by atoms with van der Waals surface area (Å²) in [5.74, 6) is -4.46. The fraction of sp³-hybridized carbons (Fsp3) is 0.156. The first-order chi connectivity index (χ1) is 22.9. The van der Waals surface area contributed by atoms with Gasteiger partial charge in [0.1, 0.15) is 0 Å². The fourth-order valence-corrected chi connectivity index (χ4v) is 4.21. The van der Waals surface area contributed by atoms with Crippen LogP contribution in [0.3, 0.4) is 0 Å². The molecule has 0 saturated heterocycles. The number of azo groups is 1. The molecular weight excluding hydrogens is 626 g/mol. The number of carboxylic acid groups (broad SMARTS) is 1. The van der Waals surface area contributed by atoms with Crippen LogP contribution < -0.4 is 21.6 Å². The van der Waals surface area contributed by atoms with Crippen molar-refractivity contribution >= 4 is 63.5 Å². The summed E-state index contributed by atoms with van der Waals surface area (Å²) in [6.45, 7) is 4.65. The number of nitrogens with one attached hydrogen (secondary N) is 5. The van der Waals surface area contributed by atoms with E-state index < -0.39 is 47.2 Å². The van der Waals surface area contributed by atoms with Crippen LogP contribution in [0.15, 0.2) is 88.3 Å². The maximum absolute atomic E-state index is 12.9. The molecule has 0 saturated carbocycles. The Morgan fingerprint density at radius 3 is 2.27 bits per heavy atom. The van der Waals surface area contributed by atoms with E-state index in [-0.39, 0.29) is 41.2 Å². The normalized spacial score (nSPS) is 11.4. The molecule has 3 amide bonds. The second-order valence-electron chi connectivity index (χ2n) is 10.1. The van der Waals surface area contributed by atoms with Crippen molar-refractivity contribution in [3.8, 4) is 0 Å². The molecule has 4 aromatic rings. The number of esters is 1. The average molecular weight is 656 g/mol. The highest BCUT2D eigenvalue weighted by Crippen LogP contribution is 2.20. The van der Waals surface area contributed by atoms with Gasteiger partial charge < -0.3 is 35.8 Å². The van der Waals surface area contributed by atoms with Crippen LogP contribution in [-0.4, -0.2) is 69.7 Å². The minimum absolute atomic E-state index is 0.0203. The first kappa shape index (κ1) is 34.2. The van der Waals surface area contributed by atoms with E-state index in [0.29, 0.717) is 23.1 Å². The van der Waals surface area contributed by atoms with Crippen molar-refractivity contribution < 1.29 is 38.6 Å². The number of nitrogens with zero attached hydrogens (tertiary/aromatic N) is 2. The van der Waals surface area contributed by atoms with Crippen LogP contribution in [0.25, 0.3) is 11.0 Å². The Morgan fingerprint density at radius 2 is 1.58 bits per heavy atom. The topological polar surface area (TPSA) is 241 Å². The predicted molar refractivity (Wildman–Crippen MR) is 172 cm³/mol. The molecule has 48 heavy (non-hydrogen) atoms. The number of carbonyl (C=O) groups excluding carboxylic acids is 5. The van der Waals surface area contributed by atoms with Gasteiger partial charge in [-0.1, -0.05) is 6.58 Å².